The van der Waals surface area contributed by atoms with Crippen molar-refractivity contribution >= 4 is 29.5 Å². The van der Waals surface area contributed by atoms with Crippen molar-refractivity contribution in [2.75, 3.05) is 0 Å². The predicted molar refractivity (Wildman–Crippen MR) is 109 cm³/mol. The molecule has 3 fully saturated rings. The van der Waals surface area contributed by atoms with Gasteiger partial charge in [-0.3, -0.25) is 4.79 Å². The Labute approximate surface area is 160 Å². The van der Waals surface area contributed by atoms with Crippen molar-refractivity contribution in [3.8, 4) is 0 Å². The van der Waals surface area contributed by atoms with Gasteiger partial charge in [-0.2, -0.15) is 0 Å². The van der Waals surface area contributed by atoms with Crippen LogP contribution in [0, 0.1) is 5.92 Å². The van der Waals surface area contributed by atoms with Gasteiger partial charge < -0.3 is 10.2 Å². The number of unbranched alkanes of at least 4 members (excludes halogenated alkanes) is 3. The molecule has 0 radical (unpaired) electrons. The lowest BCUT2D eigenvalue weighted by molar-refractivity contribution is -0.137. The second-order valence-electron chi connectivity index (χ2n) is 7.05. The molecule has 3 saturated heterocycles. The number of aliphatic carboxylic acids is 1. The predicted octanol–water partition coefficient (Wildman–Crippen LogP) is 5.25. The van der Waals surface area contributed by atoms with E-state index < -0.39 is 5.97 Å². The van der Waals surface area contributed by atoms with Crippen LogP contribution in [0.4, 0.5) is 0 Å². The maximum Gasteiger partial charge on any atom is 0.303 e. The summed E-state index contributed by atoms with van der Waals surface area (Å²) in [5, 5.41) is 20.0. The molecule has 25 heavy (non-hydrogen) atoms. The van der Waals surface area contributed by atoms with Gasteiger partial charge in [0.15, 0.2) is 0 Å². The lowest BCUT2D eigenvalue weighted by Crippen LogP contribution is -2.43. The van der Waals surface area contributed by atoms with Crippen molar-refractivity contribution < 1.29 is 15.0 Å². The molecule has 142 valence electrons. The van der Waals surface area contributed by atoms with Crippen LogP contribution in [0.15, 0.2) is 24.3 Å². The average molecular weight is 385 g/mol. The summed E-state index contributed by atoms with van der Waals surface area (Å²) in [6, 6.07) is 0. The van der Waals surface area contributed by atoms with Gasteiger partial charge in [0, 0.05) is 16.9 Å². The topological polar surface area (TPSA) is 57.5 Å². The van der Waals surface area contributed by atoms with Gasteiger partial charge >= 0.3 is 5.97 Å². The summed E-state index contributed by atoms with van der Waals surface area (Å²) in [6.45, 7) is 2.19. The fourth-order valence-corrected chi connectivity index (χ4v) is 7.16. The van der Waals surface area contributed by atoms with Gasteiger partial charge in [0.25, 0.3) is 0 Å². The number of fused-ring (bicyclic) bond motifs is 2. The molecule has 3 heterocycles. The number of aliphatic hydroxyl groups excluding tert-OH is 1. The lowest BCUT2D eigenvalue weighted by Gasteiger charge is -2.49. The Morgan fingerprint density at radius 2 is 2.04 bits per heavy atom. The standard InChI is InChI=1S/C20H32O3S2/c1-2-3-6-9-15(21)12-13-17-16(18-14-20(24-17)25-18)10-7-4-5-8-11-19(22)23/h4,7,12-13,15-18,20-21H,2-3,5-6,8-11,14H2,1H3,(H,22,23)/b7-4-,13-12+/t15-,16+,17?,18?,20+/m0/s1. The van der Waals surface area contributed by atoms with Gasteiger partial charge in [-0.25, -0.2) is 0 Å². The Morgan fingerprint density at radius 1 is 1.24 bits per heavy atom. The van der Waals surface area contributed by atoms with E-state index in [0.717, 1.165) is 41.9 Å². The van der Waals surface area contributed by atoms with Crippen LogP contribution in [-0.4, -0.2) is 37.4 Å². The third-order valence-electron chi connectivity index (χ3n) is 4.92. The van der Waals surface area contributed by atoms with Crippen molar-refractivity contribution in [2.45, 2.75) is 85.9 Å². The second kappa shape index (κ2) is 11.3. The molecule has 0 saturated carbocycles. The largest absolute Gasteiger partial charge is 0.481 e. The van der Waals surface area contributed by atoms with E-state index >= 15 is 0 Å². The Balaban J connectivity index is 1.76. The number of thioether (sulfide) groups is 2. The molecule has 2 unspecified atom stereocenters. The third kappa shape index (κ3) is 7.40. The zero-order chi connectivity index (χ0) is 18.1. The lowest BCUT2D eigenvalue weighted by atomic mass is 9.92. The molecular weight excluding hydrogens is 352 g/mol. The van der Waals surface area contributed by atoms with E-state index in [1.807, 2.05) is 6.08 Å². The van der Waals surface area contributed by atoms with Gasteiger partial charge in [-0.1, -0.05) is 50.5 Å². The van der Waals surface area contributed by atoms with Gasteiger partial charge in [-0.15, -0.1) is 23.5 Å². The number of carboxylic acid groups (broad SMARTS) is 1. The molecule has 0 aromatic carbocycles. The Kier molecular flexibility index (Phi) is 9.50. The normalized spacial score (nSPS) is 29.8. The van der Waals surface area contributed by atoms with E-state index in [1.165, 1.54) is 19.3 Å². The van der Waals surface area contributed by atoms with Crippen molar-refractivity contribution in [3.63, 3.8) is 0 Å². The quantitative estimate of drug-likeness (QED) is 0.355. The van der Waals surface area contributed by atoms with Crippen LogP contribution in [0.3, 0.4) is 0 Å². The minimum absolute atomic E-state index is 0.255. The third-order valence-corrected chi connectivity index (χ3v) is 8.29. The Bertz CT molecular complexity index is 458. The van der Waals surface area contributed by atoms with Crippen LogP contribution in [0.25, 0.3) is 0 Å². The first-order chi connectivity index (χ1) is 12.1. The summed E-state index contributed by atoms with van der Waals surface area (Å²) in [6.07, 6.45) is 16.9. The molecule has 0 aliphatic carbocycles. The maximum absolute atomic E-state index is 10.5. The number of carboxylic acids is 1. The fraction of sp³-hybridized carbons (Fsp3) is 0.750. The van der Waals surface area contributed by atoms with Crippen LogP contribution < -0.4 is 0 Å². The first-order valence-electron chi connectivity index (χ1n) is 9.64. The van der Waals surface area contributed by atoms with Crippen LogP contribution >= 0.6 is 23.5 Å². The number of hydrogen-bond acceptors (Lipinski definition) is 4. The van der Waals surface area contributed by atoms with Crippen molar-refractivity contribution in [3.05, 3.63) is 24.3 Å². The molecule has 3 nitrogen and oxygen atoms in total. The number of aliphatic hydroxyl groups is 1. The average Bonchev–Trinajstić information content (AvgIpc) is 2.55. The molecule has 2 bridgehead atoms. The van der Waals surface area contributed by atoms with E-state index in [4.69, 9.17) is 5.11 Å². The zero-order valence-corrected chi connectivity index (χ0v) is 16.8. The highest BCUT2D eigenvalue weighted by Crippen LogP contribution is 2.57. The summed E-state index contributed by atoms with van der Waals surface area (Å²) >= 11 is 4.16. The van der Waals surface area contributed by atoms with Crippen LogP contribution in [-0.2, 0) is 4.79 Å². The number of carbonyl (C=O) groups is 1. The molecule has 0 aromatic rings. The molecule has 0 aromatic heterocycles. The summed E-state index contributed by atoms with van der Waals surface area (Å²) in [7, 11) is 0. The Morgan fingerprint density at radius 3 is 2.76 bits per heavy atom. The minimum Gasteiger partial charge on any atom is -0.481 e. The molecule has 5 heteroatoms. The van der Waals surface area contributed by atoms with Crippen molar-refractivity contribution in [1.29, 1.82) is 0 Å². The second-order valence-corrected chi connectivity index (χ2v) is 10.2. The van der Waals surface area contributed by atoms with Crippen molar-refractivity contribution in [2.24, 2.45) is 5.92 Å². The highest BCUT2D eigenvalue weighted by atomic mass is 32.2. The number of hydrogen-bond donors (Lipinski definition) is 2. The Hall–Kier alpha value is -0.390. The molecule has 0 amide bonds. The highest BCUT2D eigenvalue weighted by Gasteiger charge is 2.45. The summed E-state index contributed by atoms with van der Waals surface area (Å²) < 4.78 is 0.743. The van der Waals surface area contributed by atoms with E-state index in [1.54, 1.807) is 0 Å². The molecule has 0 spiro atoms. The maximum atomic E-state index is 10.5. The zero-order valence-electron chi connectivity index (χ0n) is 15.2. The number of rotatable bonds is 12. The van der Waals surface area contributed by atoms with E-state index in [-0.39, 0.29) is 12.5 Å². The SMILES string of the molecule is CCCCC[C@H](O)/C=C/C1S[C@H]2CC(S2)[C@@H]1C/C=C\CCCC(=O)O. The van der Waals surface area contributed by atoms with Gasteiger partial charge in [0.05, 0.1) is 10.7 Å². The molecule has 3 aliphatic rings. The first-order valence-corrected chi connectivity index (χ1v) is 11.5. The monoisotopic (exact) mass is 384 g/mol. The smallest absolute Gasteiger partial charge is 0.303 e. The molecule has 2 N–H and O–H groups in total. The van der Waals surface area contributed by atoms with E-state index in [0.29, 0.717) is 11.2 Å². The summed E-state index contributed by atoms with van der Waals surface area (Å²) in [4.78, 5) is 10.5. The molecule has 3 rings (SSSR count). The van der Waals surface area contributed by atoms with Crippen molar-refractivity contribution in [1.82, 2.24) is 0 Å². The minimum atomic E-state index is -0.711. The van der Waals surface area contributed by atoms with Gasteiger partial charge in [0.1, 0.15) is 0 Å². The fourth-order valence-electron chi connectivity index (χ4n) is 3.38. The van der Waals surface area contributed by atoms with Crippen LogP contribution in [0.5, 0.6) is 0 Å². The van der Waals surface area contributed by atoms with Crippen LogP contribution in [0.1, 0.15) is 64.7 Å². The molecule has 5 atom stereocenters. The van der Waals surface area contributed by atoms with Gasteiger partial charge in [-0.05, 0) is 38.0 Å². The molecular formula is C20H32O3S2. The first kappa shape index (κ1) is 20.9. The van der Waals surface area contributed by atoms with E-state index in [2.05, 4.69) is 48.7 Å². The molecule has 3 aliphatic heterocycles. The summed E-state index contributed by atoms with van der Waals surface area (Å²) in [5.74, 6) is -0.0773. The summed E-state index contributed by atoms with van der Waals surface area (Å²) in [5.41, 5.74) is 0. The van der Waals surface area contributed by atoms with Crippen LogP contribution in [0.2, 0.25) is 0 Å². The number of allylic oxidation sites excluding steroid dienone is 2. The van der Waals surface area contributed by atoms with Gasteiger partial charge in [0.2, 0.25) is 0 Å². The van der Waals surface area contributed by atoms with E-state index in [9.17, 15) is 9.90 Å². The highest BCUT2D eigenvalue weighted by molar-refractivity contribution is 8.19.